The van der Waals surface area contributed by atoms with E-state index in [0.29, 0.717) is 11.4 Å². The SMILES string of the molecule is CC1=CCCC=C1.Cc1cccc(-c2ccc(C(N)/C=C(\N)c3ccc(-c4ccccc4)cc3)cc2)c1.Cc1cccc(-c2cccc(/C(N)=C/C(N)c3ccc(-c4ccccc4)cc3)c2)c1.Cc1ccccc1. The zero-order valence-corrected chi connectivity index (χ0v) is 43.3. The molecule has 9 aromatic carbocycles. The van der Waals surface area contributed by atoms with Crippen molar-refractivity contribution < 1.29 is 0 Å². The second-order valence-corrected chi connectivity index (χ2v) is 18.8. The molecular formula is C70H70N4. The van der Waals surface area contributed by atoms with Crippen molar-refractivity contribution in [3.63, 3.8) is 0 Å². The lowest BCUT2D eigenvalue weighted by Crippen LogP contribution is -2.10. The molecule has 2 atom stereocenters. The van der Waals surface area contributed by atoms with Crippen LogP contribution in [-0.2, 0) is 0 Å². The summed E-state index contributed by atoms with van der Waals surface area (Å²) in [6.07, 6.45) is 13.0. The van der Waals surface area contributed by atoms with E-state index >= 15 is 0 Å². The monoisotopic (exact) mass is 967 g/mol. The zero-order valence-electron chi connectivity index (χ0n) is 43.3. The first kappa shape index (κ1) is 53.3. The van der Waals surface area contributed by atoms with Gasteiger partial charge in [-0.25, -0.2) is 0 Å². The van der Waals surface area contributed by atoms with Gasteiger partial charge < -0.3 is 22.9 Å². The molecule has 74 heavy (non-hydrogen) atoms. The van der Waals surface area contributed by atoms with Crippen LogP contribution in [0.3, 0.4) is 0 Å². The van der Waals surface area contributed by atoms with Gasteiger partial charge in [-0.1, -0.05) is 271 Å². The number of hydrogen-bond acceptors (Lipinski definition) is 4. The van der Waals surface area contributed by atoms with Crippen molar-refractivity contribution in [2.45, 2.75) is 52.6 Å². The largest absolute Gasteiger partial charge is 0.398 e. The summed E-state index contributed by atoms with van der Waals surface area (Å²) in [5.74, 6) is 0. The van der Waals surface area contributed by atoms with Gasteiger partial charge in [0.05, 0.1) is 12.1 Å². The van der Waals surface area contributed by atoms with Gasteiger partial charge in [0.2, 0.25) is 0 Å². The number of aryl methyl sites for hydroxylation is 3. The third-order valence-electron chi connectivity index (χ3n) is 12.8. The Bertz CT molecular complexity index is 3260. The van der Waals surface area contributed by atoms with Gasteiger partial charge in [0.1, 0.15) is 0 Å². The summed E-state index contributed by atoms with van der Waals surface area (Å²) in [5, 5.41) is 0. The quantitative estimate of drug-likeness (QED) is 0.110. The van der Waals surface area contributed by atoms with E-state index < -0.39 is 0 Å². The van der Waals surface area contributed by atoms with Crippen molar-refractivity contribution in [1.29, 1.82) is 0 Å². The summed E-state index contributed by atoms with van der Waals surface area (Å²) in [6.45, 7) is 8.42. The fraction of sp³-hybridized carbons (Fsp3) is 0.114. The summed E-state index contributed by atoms with van der Waals surface area (Å²) in [5.41, 5.74) is 45.7. The molecule has 0 spiro atoms. The molecule has 370 valence electrons. The molecule has 8 N–H and O–H groups in total. The number of hydrogen-bond donors (Lipinski definition) is 4. The average molecular weight is 967 g/mol. The van der Waals surface area contributed by atoms with Crippen molar-refractivity contribution in [1.82, 2.24) is 0 Å². The van der Waals surface area contributed by atoms with Crippen LogP contribution < -0.4 is 22.9 Å². The maximum atomic E-state index is 6.43. The Hall–Kier alpha value is -8.54. The molecular weight excluding hydrogens is 897 g/mol. The molecule has 1 aliphatic rings. The van der Waals surface area contributed by atoms with Crippen LogP contribution in [0.2, 0.25) is 0 Å². The molecule has 0 aliphatic heterocycles. The van der Waals surface area contributed by atoms with Gasteiger partial charge in [0, 0.05) is 11.4 Å². The lowest BCUT2D eigenvalue weighted by Gasteiger charge is -2.12. The first-order valence-electron chi connectivity index (χ1n) is 25.5. The van der Waals surface area contributed by atoms with Crippen LogP contribution in [-0.4, -0.2) is 0 Å². The van der Waals surface area contributed by atoms with E-state index in [0.717, 1.165) is 27.8 Å². The number of rotatable bonds is 10. The molecule has 0 saturated heterocycles. The van der Waals surface area contributed by atoms with Crippen LogP contribution in [0.15, 0.2) is 273 Å². The predicted octanol–water partition coefficient (Wildman–Crippen LogP) is 16.9. The lowest BCUT2D eigenvalue weighted by molar-refractivity contribution is 0.911. The molecule has 0 fully saturated rings. The fourth-order valence-corrected chi connectivity index (χ4v) is 8.49. The van der Waals surface area contributed by atoms with Crippen LogP contribution in [0.4, 0.5) is 0 Å². The Balaban J connectivity index is 0.000000171. The Morgan fingerprint density at radius 2 is 0.716 bits per heavy atom. The van der Waals surface area contributed by atoms with Gasteiger partial charge in [0.25, 0.3) is 0 Å². The van der Waals surface area contributed by atoms with Gasteiger partial charge in [-0.05, 0) is 126 Å². The molecule has 4 heteroatoms. The third-order valence-corrected chi connectivity index (χ3v) is 12.8. The molecule has 10 rings (SSSR count). The highest BCUT2D eigenvalue weighted by molar-refractivity contribution is 5.73. The molecule has 0 heterocycles. The minimum Gasteiger partial charge on any atom is -0.398 e. The molecule has 2 unspecified atom stereocenters. The van der Waals surface area contributed by atoms with Crippen LogP contribution in [0.25, 0.3) is 55.9 Å². The highest BCUT2D eigenvalue weighted by Crippen LogP contribution is 2.28. The molecule has 9 aromatic rings. The maximum absolute atomic E-state index is 6.43. The van der Waals surface area contributed by atoms with Crippen LogP contribution in [0, 0.1) is 20.8 Å². The normalized spacial score (nSPS) is 12.8. The van der Waals surface area contributed by atoms with E-state index in [4.69, 9.17) is 22.9 Å². The van der Waals surface area contributed by atoms with Gasteiger partial charge >= 0.3 is 0 Å². The zero-order chi connectivity index (χ0) is 52.1. The molecule has 0 amide bonds. The predicted molar refractivity (Wildman–Crippen MR) is 318 cm³/mol. The van der Waals surface area contributed by atoms with Crippen molar-refractivity contribution >= 4 is 11.4 Å². The fourth-order valence-electron chi connectivity index (χ4n) is 8.49. The molecule has 1 aliphatic carbocycles. The molecule has 4 nitrogen and oxygen atoms in total. The van der Waals surface area contributed by atoms with E-state index in [1.165, 1.54) is 74.0 Å². The van der Waals surface area contributed by atoms with Crippen LogP contribution in [0.1, 0.15) is 70.8 Å². The highest BCUT2D eigenvalue weighted by atomic mass is 14.7. The molecule has 0 radical (unpaired) electrons. The molecule has 0 aromatic heterocycles. The van der Waals surface area contributed by atoms with Crippen LogP contribution in [0.5, 0.6) is 0 Å². The van der Waals surface area contributed by atoms with Crippen molar-refractivity contribution in [3.05, 3.63) is 311 Å². The van der Waals surface area contributed by atoms with Crippen molar-refractivity contribution in [2.75, 3.05) is 0 Å². The minimum absolute atomic E-state index is 0.259. The summed E-state index contributed by atoms with van der Waals surface area (Å²) < 4.78 is 0. The average Bonchev–Trinajstić information content (AvgIpc) is 3.44. The van der Waals surface area contributed by atoms with E-state index in [1.54, 1.807) is 0 Å². The van der Waals surface area contributed by atoms with Gasteiger partial charge in [-0.2, -0.15) is 0 Å². The number of nitrogens with two attached hydrogens (primary N) is 4. The summed E-state index contributed by atoms with van der Waals surface area (Å²) in [6, 6.07) is 80.6. The van der Waals surface area contributed by atoms with E-state index in [2.05, 4.69) is 204 Å². The Labute approximate surface area is 440 Å². The van der Waals surface area contributed by atoms with Crippen molar-refractivity contribution in [2.24, 2.45) is 22.9 Å². The van der Waals surface area contributed by atoms with Gasteiger partial charge in [0.15, 0.2) is 0 Å². The standard InChI is InChI=1S/2C28H26N2.C7H10.C7H8/c1-20-7-5-10-24(17-20)25-11-6-12-26(18-25)28(30)19-27(29)23-15-13-22(14-16-23)21-8-3-2-4-9-21;1-20-6-5-9-26(18-20)23-12-16-25(17-13-23)28(30)19-27(29)24-14-10-22(11-15-24)21-7-3-2-4-8-21;2*1-7-5-3-2-4-6-7/h2-19,27H,29-30H2,1H3;2-19,28H,29-30H2,1H3;3,5-6H,2,4H2,1H3;2-6H,1H3/b28-19-;27-19-;;. The minimum atomic E-state index is -0.266. The smallest absolute Gasteiger partial charge is 0.0504 e. The Morgan fingerprint density at radius 1 is 0.351 bits per heavy atom. The summed E-state index contributed by atoms with van der Waals surface area (Å²) >= 11 is 0. The first-order chi connectivity index (χ1) is 36.0. The first-order valence-corrected chi connectivity index (χ1v) is 25.5. The molecule has 0 saturated carbocycles. The van der Waals surface area contributed by atoms with E-state index in [1.807, 2.05) is 91.0 Å². The second-order valence-electron chi connectivity index (χ2n) is 18.8. The summed E-state index contributed by atoms with van der Waals surface area (Å²) in [7, 11) is 0. The maximum Gasteiger partial charge on any atom is 0.0504 e. The Morgan fingerprint density at radius 3 is 1.12 bits per heavy atom. The van der Waals surface area contributed by atoms with Crippen molar-refractivity contribution in [3.8, 4) is 44.5 Å². The highest BCUT2D eigenvalue weighted by Gasteiger charge is 2.09. The van der Waals surface area contributed by atoms with E-state index in [9.17, 15) is 0 Å². The van der Waals surface area contributed by atoms with Crippen LogP contribution >= 0.6 is 0 Å². The van der Waals surface area contributed by atoms with E-state index in [-0.39, 0.29) is 12.1 Å². The number of benzene rings is 9. The number of allylic oxidation sites excluding steroid dienone is 4. The summed E-state index contributed by atoms with van der Waals surface area (Å²) in [4.78, 5) is 0. The topological polar surface area (TPSA) is 104 Å². The van der Waals surface area contributed by atoms with Gasteiger partial charge in [-0.3, -0.25) is 0 Å². The Kier molecular flexibility index (Phi) is 19.7. The molecule has 0 bridgehead atoms. The van der Waals surface area contributed by atoms with Gasteiger partial charge in [-0.15, -0.1) is 0 Å². The third kappa shape index (κ3) is 16.2. The lowest BCUT2D eigenvalue weighted by atomic mass is 9.98. The second kappa shape index (κ2) is 27.3.